The van der Waals surface area contributed by atoms with E-state index in [0.717, 1.165) is 0 Å². The highest BCUT2D eigenvalue weighted by Crippen LogP contribution is 2.23. The Kier molecular flexibility index (Phi) is 5.14. The predicted octanol–water partition coefficient (Wildman–Crippen LogP) is 1.75. The van der Waals surface area contributed by atoms with Gasteiger partial charge in [-0.15, -0.1) is 11.8 Å². The van der Waals surface area contributed by atoms with Crippen molar-refractivity contribution in [3.8, 4) is 0 Å². The molecule has 0 unspecified atom stereocenters. The van der Waals surface area contributed by atoms with Gasteiger partial charge in [0.15, 0.2) is 0 Å². The second kappa shape index (κ2) is 5.21. The highest BCUT2D eigenvalue weighted by molar-refractivity contribution is 8.01. The molecule has 0 radical (unpaired) electrons. The lowest BCUT2D eigenvalue weighted by Gasteiger charge is -2.26. The van der Waals surface area contributed by atoms with Gasteiger partial charge in [-0.3, -0.25) is 4.79 Å². The van der Waals surface area contributed by atoms with Crippen LogP contribution in [-0.4, -0.2) is 45.6 Å². The second-order valence-electron chi connectivity index (χ2n) is 5.46. The molecular formula is C11H23NO2S. The molecule has 0 aromatic carbocycles. The van der Waals surface area contributed by atoms with Crippen LogP contribution in [0.4, 0.5) is 0 Å². The fourth-order valence-electron chi connectivity index (χ4n) is 1.06. The number of carbonyl (C=O) groups is 1. The lowest BCUT2D eigenvalue weighted by Crippen LogP contribution is -2.40. The Hall–Kier alpha value is -0.220. The van der Waals surface area contributed by atoms with E-state index in [2.05, 4.69) is 20.8 Å². The van der Waals surface area contributed by atoms with Crippen LogP contribution in [0.15, 0.2) is 0 Å². The first kappa shape index (κ1) is 14.8. The first-order valence-electron chi connectivity index (χ1n) is 5.11. The van der Waals surface area contributed by atoms with Crippen molar-refractivity contribution in [3.05, 3.63) is 0 Å². The molecule has 0 aliphatic rings. The second-order valence-corrected chi connectivity index (χ2v) is 7.27. The number of aliphatic hydroxyl groups is 1. The number of amides is 1. The van der Waals surface area contributed by atoms with E-state index in [1.165, 1.54) is 0 Å². The molecule has 0 bridgehead atoms. The van der Waals surface area contributed by atoms with Gasteiger partial charge < -0.3 is 10.0 Å². The lowest BCUT2D eigenvalue weighted by molar-refractivity contribution is -0.129. The third-order valence-corrected chi connectivity index (χ3v) is 2.94. The number of carbonyl (C=O) groups excluding carboxylic acids is 1. The third kappa shape index (κ3) is 8.75. The summed E-state index contributed by atoms with van der Waals surface area (Å²) < 4.78 is 0.102. The van der Waals surface area contributed by atoms with E-state index >= 15 is 0 Å². The monoisotopic (exact) mass is 233 g/mol. The molecule has 0 saturated carbocycles. The average molecular weight is 233 g/mol. The summed E-state index contributed by atoms with van der Waals surface area (Å²) in [7, 11) is 1.73. The molecule has 15 heavy (non-hydrogen) atoms. The van der Waals surface area contributed by atoms with Gasteiger partial charge in [-0.2, -0.15) is 0 Å². The molecule has 0 saturated heterocycles. The number of hydrogen-bond donors (Lipinski definition) is 1. The Morgan fingerprint density at radius 1 is 1.27 bits per heavy atom. The SMILES string of the molecule is CN(CC(C)(C)O)C(=O)CSC(C)(C)C. The van der Waals surface area contributed by atoms with Gasteiger partial charge in [0, 0.05) is 18.3 Å². The molecule has 3 nitrogen and oxygen atoms in total. The predicted molar refractivity (Wildman–Crippen MR) is 66.1 cm³/mol. The Labute approximate surface area is 97.2 Å². The van der Waals surface area contributed by atoms with E-state index in [-0.39, 0.29) is 10.7 Å². The molecule has 0 spiro atoms. The third-order valence-electron chi connectivity index (χ3n) is 1.68. The van der Waals surface area contributed by atoms with Crippen LogP contribution in [-0.2, 0) is 4.79 Å². The fourth-order valence-corrected chi connectivity index (χ4v) is 1.83. The molecule has 1 N–H and O–H groups in total. The minimum absolute atomic E-state index is 0.0667. The van der Waals surface area contributed by atoms with Crippen LogP contribution in [0.25, 0.3) is 0 Å². The fraction of sp³-hybridized carbons (Fsp3) is 0.909. The molecule has 0 aromatic heterocycles. The van der Waals surface area contributed by atoms with E-state index in [1.807, 2.05) is 0 Å². The molecule has 0 rings (SSSR count). The molecule has 0 heterocycles. The number of rotatable bonds is 4. The van der Waals surface area contributed by atoms with Gasteiger partial charge in [0.05, 0.1) is 11.4 Å². The van der Waals surface area contributed by atoms with E-state index in [4.69, 9.17) is 0 Å². The van der Waals surface area contributed by atoms with Gasteiger partial charge in [-0.25, -0.2) is 0 Å². The van der Waals surface area contributed by atoms with Crippen molar-refractivity contribution in [2.45, 2.75) is 45.0 Å². The number of thioether (sulfide) groups is 1. The Morgan fingerprint density at radius 3 is 2.07 bits per heavy atom. The van der Waals surface area contributed by atoms with Gasteiger partial charge in [0.2, 0.25) is 5.91 Å². The minimum atomic E-state index is -0.823. The zero-order chi connectivity index (χ0) is 12.3. The normalized spacial score (nSPS) is 12.7. The summed E-state index contributed by atoms with van der Waals surface area (Å²) in [6, 6.07) is 0. The lowest BCUT2D eigenvalue weighted by atomic mass is 10.1. The quantitative estimate of drug-likeness (QED) is 0.804. The first-order valence-corrected chi connectivity index (χ1v) is 6.10. The van der Waals surface area contributed by atoms with Crippen LogP contribution in [0.2, 0.25) is 0 Å². The topological polar surface area (TPSA) is 40.5 Å². The summed E-state index contributed by atoms with van der Waals surface area (Å²) >= 11 is 1.62. The molecule has 0 aliphatic carbocycles. The minimum Gasteiger partial charge on any atom is -0.389 e. The molecular weight excluding hydrogens is 210 g/mol. The molecule has 0 aromatic rings. The van der Waals surface area contributed by atoms with Gasteiger partial charge in [0.25, 0.3) is 0 Å². The molecule has 90 valence electrons. The van der Waals surface area contributed by atoms with Crippen LogP contribution in [0.5, 0.6) is 0 Å². The Balaban J connectivity index is 4.01. The van der Waals surface area contributed by atoms with Crippen LogP contribution < -0.4 is 0 Å². The number of nitrogens with zero attached hydrogens (tertiary/aromatic N) is 1. The van der Waals surface area contributed by atoms with Crippen molar-refractivity contribution in [3.63, 3.8) is 0 Å². The Morgan fingerprint density at radius 2 is 1.73 bits per heavy atom. The molecule has 0 atom stereocenters. The zero-order valence-electron chi connectivity index (χ0n) is 10.6. The largest absolute Gasteiger partial charge is 0.389 e. The number of hydrogen-bond acceptors (Lipinski definition) is 3. The highest BCUT2D eigenvalue weighted by atomic mass is 32.2. The van der Waals surface area contributed by atoms with Crippen LogP contribution in [0.3, 0.4) is 0 Å². The van der Waals surface area contributed by atoms with E-state index in [9.17, 15) is 9.90 Å². The van der Waals surface area contributed by atoms with Crippen molar-refractivity contribution in [2.24, 2.45) is 0 Å². The number of likely N-dealkylation sites (N-methyl/N-ethyl adjacent to an activating group) is 1. The molecule has 0 fully saturated rings. The Bertz CT molecular complexity index is 216. The highest BCUT2D eigenvalue weighted by Gasteiger charge is 2.21. The van der Waals surface area contributed by atoms with Crippen molar-refractivity contribution < 1.29 is 9.90 Å². The zero-order valence-corrected chi connectivity index (χ0v) is 11.4. The summed E-state index contributed by atoms with van der Waals surface area (Å²) in [5.41, 5.74) is -0.823. The first-order chi connectivity index (χ1) is 6.51. The maximum atomic E-state index is 11.7. The van der Waals surface area contributed by atoms with Gasteiger partial charge in [-0.1, -0.05) is 20.8 Å². The van der Waals surface area contributed by atoms with Crippen LogP contribution in [0, 0.1) is 0 Å². The standard InChI is InChI=1S/C11H23NO2S/c1-10(2,3)15-7-9(13)12(6)8-11(4,5)14/h14H,7-8H2,1-6H3. The van der Waals surface area contributed by atoms with Gasteiger partial charge in [-0.05, 0) is 13.8 Å². The van der Waals surface area contributed by atoms with E-state index in [0.29, 0.717) is 12.3 Å². The van der Waals surface area contributed by atoms with Crippen molar-refractivity contribution in [1.29, 1.82) is 0 Å². The maximum Gasteiger partial charge on any atom is 0.232 e. The van der Waals surface area contributed by atoms with E-state index < -0.39 is 5.60 Å². The van der Waals surface area contributed by atoms with Crippen molar-refractivity contribution in [2.75, 3.05) is 19.3 Å². The van der Waals surface area contributed by atoms with Gasteiger partial charge in [0.1, 0.15) is 0 Å². The van der Waals surface area contributed by atoms with Crippen molar-refractivity contribution >= 4 is 17.7 Å². The van der Waals surface area contributed by atoms with Crippen LogP contribution >= 0.6 is 11.8 Å². The smallest absolute Gasteiger partial charge is 0.232 e. The summed E-state index contributed by atoms with van der Waals surface area (Å²) in [4.78, 5) is 13.2. The van der Waals surface area contributed by atoms with E-state index in [1.54, 1.807) is 37.6 Å². The summed E-state index contributed by atoms with van der Waals surface area (Å²) in [5, 5.41) is 9.56. The van der Waals surface area contributed by atoms with Gasteiger partial charge >= 0.3 is 0 Å². The molecule has 4 heteroatoms. The molecule has 1 amide bonds. The molecule has 0 aliphatic heterocycles. The van der Waals surface area contributed by atoms with Crippen molar-refractivity contribution in [1.82, 2.24) is 4.90 Å². The average Bonchev–Trinajstić information content (AvgIpc) is 1.95. The summed E-state index contributed by atoms with van der Waals surface area (Å²) in [6.45, 7) is 10.0. The maximum absolute atomic E-state index is 11.7. The summed E-state index contributed by atoms with van der Waals surface area (Å²) in [5.74, 6) is 0.535. The summed E-state index contributed by atoms with van der Waals surface area (Å²) in [6.07, 6.45) is 0. The van der Waals surface area contributed by atoms with Crippen LogP contribution in [0.1, 0.15) is 34.6 Å².